The zero-order chi connectivity index (χ0) is 13.5. The fourth-order valence-corrected chi connectivity index (χ4v) is 5.01. The number of aliphatic hydroxyl groups is 1. The smallest absolute Gasteiger partial charge is 0.0765 e. The summed E-state index contributed by atoms with van der Waals surface area (Å²) in [7, 11) is 1.70. The molecule has 4 saturated carbocycles. The molecule has 4 rings (SSSR count). The van der Waals surface area contributed by atoms with Crippen molar-refractivity contribution in [2.75, 3.05) is 20.3 Å². The Hall–Kier alpha value is -0.120. The predicted molar refractivity (Wildman–Crippen MR) is 76.0 cm³/mol. The lowest BCUT2D eigenvalue weighted by molar-refractivity contribution is -0.0299. The van der Waals surface area contributed by atoms with Gasteiger partial charge < -0.3 is 15.2 Å². The van der Waals surface area contributed by atoms with E-state index in [1.807, 2.05) is 6.92 Å². The van der Waals surface area contributed by atoms with Crippen LogP contribution >= 0.6 is 0 Å². The minimum absolute atomic E-state index is 0.634. The zero-order valence-electron chi connectivity index (χ0n) is 12.4. The summed E-state index contributed by atoms with van der Waals surface area (Å²) in [5, 5.41) is 14.1. The van der Waals surface area contributed by atoms with Crippen LogP contribution in [0, 0.1) is 23.7 Å². The van der Waals surface area contributed by atoms with E-state index in [1.54, 1.807) is 7.11 Å². The second-order valence-electron chi connectivity index (χ2n) is 7.58. The molecule has 3 heteroatoms. The molecule has 4 bridgehead atoms. The molecule has 0 heterocycles. The summed E-state index contributed by atoms with van der Waals surface area (Å²) in [6.45, 7) is 3.27. The fourth-order valence-electron chi connectivity index (χ4n) is 5.01. The minimum Gasteiger partial charge on any atom is -0.389 e. The highest BCUT2D eigenvalue weighted by Gasteiger charge is 2.48. The number of rotatable bonds is 6. The molecular weight excluding hydrogens is 238 g/mol. The summed E-state index contributed by atoms with van der Waals surface area (Å²) in [5.41, 5.74) is -0.634. The molecule has 0 radical (unpaired) electrons. The van der Waals surface area contributed by atoms with Crippen LogP contribution in [0.2, 0.25) is 0 Å². The fraction of sp³-hybridized carbons (Fsp3) is 1.00. The summed E-state index contributed by atoms with van der Waals surface area (Å²) in [6.07, 6.45) is 7.96. The molecule has 1 unspecified atom stereocenters. The normalized spacial score (nSPS) is 43.4. The van der Waals surface area contributed by atoms with Crippen molar-refractivity contribution in [3.8, 4) is 0 Å². The van der Waals surface area contributed by atoms with Crippen molar-refractivity contribution in [3.05, 3.63) is 0 Å². The van der Waals surface area contributed by atoms with Crippen LogP contribution < -0.4 is 5.32 Å². The first-order valence-corrected chi connectivity index (χ1v) is 8.02. The maximum absolute atomic E-state index is 10.4. The van der Waals surface area contributed by atoms with E-state index in [-0.39, 0.29) is 0 Å². The monoisotopic (exact) mass is 267 g/mol. The Labute approximate surface area is 117 Å². The Morgan fingerprint density at radius 2 is 1.68 bits per heavy atom. The van der Waals surface area contributed by atoms with E-state index in [0.29, 0.717) is 25.6 Å². The van der Waals surface area contributed by atoms with Gasteiger partial charge in [0.2, 0.25) is 0 Å². The largest absolute Gasteiger partial charge is 0.389 e. The molecule has 0 aromatic carbocycles. The van der Waals surface area contributed by atoms with Gasteiger partial charge in [0, 0.05) is 32.7 Å². The first-order valence-electron chi connectivity index (χ1n) is 8.02. The lowest BCUT2D eigenvalue weighted by Crippen LogP contribution is -2.56. The van der Waals surface area contributed by atoms with Crippen molar-refractivity contribution in [1.29, 1.82) is 0 Å². The van der Waals surface area contributed by atoms with E-state index in [0.717, 1.165) is 23.7 Å². The maximum atomic E-state index is 10.4. The lowest BCUT2D eigenvalue weighted by atomic mass is 9.54. The summed E-state index contributed by atoms with van der Waals surface area (Å²) in [5.74, 6) is 3.81. The molecule has 3 nitrogen and oxygen atoms in total. The molecule has 0 aromatic heterocycles. The van der Waals surface area contributed by atoms with Gasteiger partial charge >= 0.3 is 0 Å². The first-order chi connectivity index (χ1) is 9.07. The SMILES string of the molecule is COCCC(C)(O)CNC1C2CC3CC(C2)CC1C3. The topological polar surface area (TPSA) is 41.5 Å². The van der Waals surface area contributed by atoms with Gasteiger partial charge in [0.15, 0.2) is 0 Å². The van der Waals surface area contributed by atoms with Gasteiger partial charge in [0.1, 0.15) is 0 Å². The molecule has 110 valence electrons. The van der Waals surface area contributed by atoms with Crippen molar-refractivity contribution >= 4 is 0 Å². The summed E-state index contributed by atoms with van der Waals surface area (Å²) in [6, 6.07) is 0.668. The minimum atomic E-state index is -0.634. The second kappa shape index (κ2) is 5.34. The maximum Gasteiger partial charge on any atom is 0.0765 e. The second-order valence-corrected chi connectivity index (χ2v) is 7.58. The molecule has 0 amide bonds. The Morgan fingerprint density at radius 3 is 2.21 bits per heavy atom. The molecule has 0 saturated heterocycles. The van der Waals surface area contributed by atoms with Gasteiger partial charge in [-0.1, -0.05) is 0 Å². The van der Waals surface area contributed by atoms with Crippen molar-refractivity contribution in [2.45, 2.75) is 57.1 Å². The quantitative estimate of drug-likeness (QED) is 0.775. The van der Waals surface area contributed by atoms with E-state index in [2.05, 4.69) is 5.32 Å². The highest BCUT2D eigenvalue weighted by molar-refractivity contribution is 5.01. The van der Waals surface area contributed by atoms with Gasteiger partial charge in [0.25, 0.3) is 0 Å². The zero-order valence-corrected chi connectivity index (χ0v) is 12.4. The number of hydrogen-bond donors (Lipinski definition) is 2. The Kier molecular flexibility index (Phi) is 3.89. The van der Waals surface area contributed by atoms with E-state index >= 15 is 0 Å². The number of ether oxygens (including phenoxy) is 1. The molecule has 1 atom stereocenters. The van der Waals surface area contributed by atoms with Crippen LogP contribution in [0.4, 0.5) is 0 Å². The Balaban J connectivity index is 1.53. The molecule has 0 aliphatic heterocycles. The van der Waals surface area contributed by atoms with E-state index in [4.69, 9.17) is 4.74 Å². The lowest BCUT2D eigenvalue weighted by Gasteiger charge is -2.55. The van der Waals surface area contributed by atoms with Crippen LogP contribution in [-0.4, -0.2) is 37.0 Å². The molecule has 0 spiro atoms. The molecule has 4 aliphatic rings. The predicted octanol–water partition coefficient (Wildman–Crippen LogP) is 2.19. The van der Waals surface area contributed by atoms with Crippen LogP contribution in [0.1, 0.15) is 45.4 Å². The van der Waals surface area contributed by atoms with Crippen LogP contribution in [0.3, 0.4) is 0 Å². The Bertz CT molecular complexity index is 288. The molecule has 19 heavy (non-hydrogen) atoms. The third-order valence-corrected chi connectivity index (χ3v) is 5.79. The van der Waals surface area contributed by atoms with Crippen molar-refractivity contribution in [3.63, 3.8) is 0 Å². The summed E-state index contributed by atoms with van der Waals surface area (Å²) < 4.78 is 5.08. The average molecular weight is 267 g/mol. The van der Waals surface area contributed by atoms with Crippen LogP contribution in [0.25, 0.3) is 0 Å². The van der Waals surface area contributed by atoms with Gasteiger partial charge in [-0.15, -0.1) is 0 Å². The molecule has 2 N–H and O–H groups in total. The number of methoxy groups -OCH3 is 1. The van der Waals surface area contributed by atoms with Gasteiger partial charge in [-0.25, -0.2) is 0 Å². The van der Waals surface area contributed by atoms with Gasteiger partial charge in [-0.2, -0.15) is 0 Å². The standard InChI is InChI=1S/C16H29NO2/c1-16(18,3-4-19-2)10-17-15-13-6-11-5-12(8-13)9-14(15)7-11/h11-15,17-18H,3-10H2,1-2H3. The van der Waals surface area contributed by atoms with Crippen LogP contribution in [0.5, 0.6) is 0 Å². The van der Waals surface area contributed by atoms with Crippen LogP contribution in [0.15, 0.2) is 0 Å². The van der Waals surface area contributed by atoms with Crippen molar-refractivity contribution < 1.29 is 9.84 Å². The number of nitrogens with one attached hydrogen (secondary N) is 1. The summed E-state index contributed by atoms with van der Waals surface area (Å²) >= 11 is 0. The van der Waals surface area contributed by atoms with E-state index < -0.39 is 5.60 Å². The first kappa shape index (κ1) is 13.8. The molecule has 4 aliphatic carbocycles. The summed E-state index contributed by atoms with van der Waals surface area (Å²) in [4.78, 5) is 0. The van der Waals surface area contributed by atoms with E-state index in [9.17, 15) is 5.11 Å². The highest BCUT2D eigenvalue weighted by atomic mass is 16.5. The molecular formula is C16H29NO2. The van der Waals surface area contributed by atoms with Gasteiger partial charge in [-0.3, -0.25) is 0 Å². The van der Waals surface area contributed by atoms with Gasteiger partial charge in [0.05, 0.1) is 5.60 Å². The third-order valence-electron chi connectivity index (χ3n) is 5.79. The third kappa shape index (κ3) is 2.98. The van der Waals surface area contributed by atoms with Crippen molar-refractivity contribution in [1.82, 2.24) is 5.32 Å². The molecule has 4 fully saturated rings. The average Bonchev–Trinajstić information content (AvgIpc) is 2.35. The van der Waals surface area contributed by atoms with E-state index in [1.165, 1.54) is 32.1 Å². The highest BCUT2D eigenvalue weighted by Crippen LogP contribution is 2.53. The number of hydrogen-bond acceptors (Lipinski definition) is 3. The Morgan fingerprint density at radius 1 is 1.11 bits per heavy atom. The van der Waals surface area contributed by atoms with Crippen molar-refractivity contribution in [2.24, 2.45) is 23.7 Å². The van der Waals surface area contributed by atoms with Crippen LogP contribution in [-0.2, 0) is 4.74 Å². The molecule has 0 aromatic rings. The van der Waals surface area contributed by atoms with Gasteiger partial charge in [-0.05, 0) is 62.7 Å².